The summed E-state index contributed by atoms with van der Waals surface area (Å²) >= 11 is 0. The molecule has 1 aromatic rings. The van der Waals surface area contributed by atoms with E-state index in [4.69, 9.17) is 5.41 Å². The SMILES string of the molecule is CC(C)(C)NC(=O)NC(=N)Nc1cccc([N+](=O)[O-])c1. The van der Waals surface area contributed by atoms with E-state index >= 15 is 0 Å². The highest BCUT2D eigenvalue weighted by atomic mass is 16.6. The van der Waals surface area contributed by atoms with E-state index in [0.717, 1.165) is 0 Å². The van der Waals surface area contributed by atoms with E-state index in [0.29, 0.717) is 5.69 Å². The van der Waals surface area contributed by atoms with Crippen LogP contribution in [-0.2, 0) is 0 Å². The smallest absolute Gasteiger partial charge is 0.321 e. The summed E-state index contributed by atoms with van der Waals surface area (Å²) in [6, 6.07) is 5.14. The number of carbonyl (C=O) groups excluding carboxylic acids is 1. The Bertz CT molecular complexity index is 536. The summed E-state index contributed by atoms with van der Waals surface area (Å²) < 4.78 is 0. The second-order valence-corrected chi connectivity index (χ2v) is 5.14. The molecule has 0 atom stereocenters. The third-order valence-electron chi connectivity index (χ3n) is 2.05. The fraction of sp³-hybridized carbons (Fsp3) is 0.333. The van der Waals surface area contributed by atoms with Gasteiger partial charge in [0.25, 0.3) is 5.69 Å². The summed E-state index contributed by atoms with van der Waals surface area (Å²) in [5.41, 5.74) is -0.169. The fourth-order valence-corrected chi connectivity index (χ4v) is 1.36. The molecule has 0 aromatic heterocycles. The largest absolute Gasteiger partial charge is 0.333 e. The van der Waals surface area contributed by atoms with Gasteiger partial charge in [-0.05, 0) is 26.8 Å². The van der Waals surface area contributed by atoms with Gasteiger partial charge in [-0.3, -0.25) is 20.8 Å². The number of amides is 2. The molecule has 108 valence electrons. The number of nitrogens with zero attached hydrogens (tertiary/aromatic N) is 1. The number of anilines is 1. The normalized spacial score (nSPS) is 10.6. The minimum absolute atomic E-state index is 0.0954. The lowest BCUT2D eigenvalue weighted by Gasteiger charge is -2.21. The second kappa shape index (κ2) is 6.00. The highest BCUT2D eigenvalue weighted by Crippen LogP contribution is 2.16. The first kappa shape index (κ1) is 15.4. The van der Waals surface area contributed by atoms with E-state index in [9.17, 15) is 14.9 Å². The first-order valence-corrected chi connectivity index (χ1v) is 5.86. The summed E-state index contributed by atoms with van der Waals surface area (Å²) in [5, 5.41) is 25.7. The molecule has 20 heavy (non-hydrogen) atoms. The minimum atomic E-state index is -0.533. The lowest BCUT2D eigenvalue weighted by Crippen LogP contribution is -2.49. The number of urea groups is 1. The van der Waals surface area contributed by atoms with Crippen LogP contribution in [0.4, 0.5) is 16.2 Å². The number of benzene rings is 1. The Morgan fingerprint density at radius 1 is 1.35 bits per heavy atom. The van der Waals surface area contributed by atoms with E-state index in [1.54, 1.807) is 6.07 Å². The third kappa shape index (κ3) is 5.34. The molecule has 4 N–H and O–H groups in total. The molecule has 0 spiro atoms. The summed E-state index contributed by atoms with van der Waals surface area (Å²) in [5.74, 6) is -0.271. The van der Waals surface area contributed by atoms with Gasteiger partial charge in [-0.1, -0.05) is 6.07 Å². The first-order chi connectivity index (χ1) is 9.17. The second-order valence-electron chi connectivity index (χ2n) is 5.14. The predicted octanol–water partition coefficient (Wildman–Crippen LogP) is 2.04. The van der Waals surface area contributed by atoms with Crippen LogP contribution in [0.15, 0.2) is 24.3 Å². The first-order valence-electron chi connectivity index (χ1n) is 5.86. The van der Waals surface area contributed by atoms with Crippen LogP contribution < -0.4 is 16.0 Å². The zero-order valence-electron chi connectivity index (χ0n) is 11.5. The lowest BCUT2D eigenvalue weighted by molar-refractivity contribution is -0.384. The van der Waals surface area contributed by atoms with Gasteiger partial charge in [-0.25, -0.2) is 4.79 Å². The van der Waals surface area contributed by atoms with Crippen LogP contribution in [0, 0.1) is 15.5 Å². The van der Waals surface area contributed by atoms with Crippen molar-refractivity contribution >= 4 is 23.4 Å². The van der Waals surface area contributed by atoms with Crippen molar-refractivity contribution in [3.05, 3.63) is 34.4 Å². The number of guanidine groups is 1. The van der Waals surface area contributed by atoms with Crippen LogP contribution in [0.5, 0.6) is 0 Å². The zero-order chi connectivity index (χ0) is 15.3. The maximum absolute atomic E-state index is 11.5. The van der Waals surface area contributed by atoms with Gasteiger partial charge in [0.1, 0.15) is 0 Å². The molecule has 0 bridgehead atoms. The van der Waals surface area contributed by atoms with Gasteiger partial charge in [0.2, 0.25) is 5.96 Å². The van der Waals surface area contributed by atoms with Gasteiger partial charge in [0.15, 0.2) is 0 Å². The molecular formula is C12H17N5O3. The van der Waals surface area contributed by atoms with Gasteiger partial charge in [-0.2, -0.15) is 0 Å². The summed E-state index contributed by atoms with van der Waals surface area (Å²) in [4.78, 5) is 21.6. The quantitative estimate of drug-likeness (QED) is 0.286. The average Bonchev–Trinajstić information content (AvgIpc) is 2.25. The molecule has 0 aliphatic heterocycles. The number of nitro groups is 1. The Kier molecular flexibility index (Phi) is 4.63. The van der Waals surface area contributed by atoms with E-state index in [1.807, 2.05) is 20.8 Å². The Morgan fingerprint density at radius 2 is 2.00 bits per heavy atom. The summed E-state index contributed by atoms with van der Waals surface area (Å²) in [6.07, 6.45) is 0. The molecule has 8 nitrogen and oxygen atoms in total. The topological polar surface area (TPSA) is 120 Å². The minimum Gasteiger partial charge on any atom is -0.333 e. The molecule has 0 heterocycles. The standard InChI is InChI=1S/C12H17N5O3/c1-12(2,3)16-11(18)15-10(13)14-8-5-4-6-9(7-8)17(19)20/h4-7H,1-3H3,(H4,13,14,15,16,18). The molecular weight excluding hydrogens is 262 g/mol. The number of hydrogen-bond acceptors (Lipinski definition) is 4. The van der Waals surface area contributed by atoms with Crippen molar-refractivity contribution in [1.29, 1.82) is 5.41 Å². The van der Waals surface area contributed by atoms with Crippen molar-refractivity contribution in [3.8, 4) is 0 Å². The van der Waals surface area contributed by atoms with E-state index in [-0.39, 0.29) is 11.6 Å². The van der Waals surface area contributed by atoms with Crippen LogP contribution >= 0.6 is 0 Å². The molecule has 0 fully saturated rings. The van der Waals surface area contributed by atoms with Crippen LogP contribution in [0.25, 0.3) is 0 Å². The molecule has 0 aliphatic carbocycles. The van der Waals surface area contributed by atoms with Gasteiger partial charge in [0, 0.05) is 23.4 Å². The van der Waals surface area contributed by atoms with Crippen LogP contribution in [0.2, 0.25) is 0 Å². The van der Waals surface area contributed by atoms with E-state index in [2.05, 4.69) is 16.0 Å². The van der Waals surface area contributed by atoms with Gasteiger partial charge >= 0.3 is 6.03 Å². The Labute approximate surface area is 116 Å². The molecule has 0 radical (unpaired) electrons. The van der Waals surface area contributed by atoms with Crippen LogP contribution in [-0.4, -0.2) is 22.5 Å². The van der Waals surface area contributed by atoms with Crippen LogP contribution in [0.1, 0.15) is 20.8 Å². The predicted molar refractivity (Wildman–Crippen MR) is 75.9 cm³/mol. The average molecular weight is 279 g/mol. The number of rotatable bonds is 2. The van der Waals surface area contributed by atoms with E-state index < -0.39 is 16.5 Å². The number of non-ortho nitro benzene ring substituents is 1. The number of nitrogens with one attached hydrogen (secondary N) is 4. The Hall–Kier alpha value is -2.64. The van der Waals surface area contributed by atoms with Gasteiger partial charge in [0.05, 0.1) is 4.92 Å². The van der Waals surface area contributed by atoms with Gasteiger partial charge in [-0.15, -0.1) is 0 Å². The molecule has 1 aromatic carbocycles. The third-order valence-corrected chi connectivity index (χ3v) is 2.05. The van der Waals surface area contributed by atoms with Crippen LogP contribution in [0.3, 0.4) is 0 Å². The molecule has 2 amide bonds. The molecule has 0 unspecified atom stereocenters. The Morgan fingerprint density at radius 3 is 2.55 bits per heavy atom. The van der Waals surface area contributed by atoms with Crippen molar-refractivity contribution in [3.63, 3.8) is 0 Å². The zero-order valence-corrected chi connectivity index (χ0v) is 11.5. The van der Waals surface area contributed by atoms with Crippen molar-refractivity contribution in [2.24, 2.45) is 0 Å². The summed E-state index contributed by atoms with van der Waals surface area (Å²) in [6.45, 7) is 5.43. The maximum atomic E-state index is 11.5. The number of hydrogen-bond donors (Lipinski definition) is 4. The highest BCUT2D eigenvalue weighted by Gasteiger charge is 2.14. The molecule has 1 rings (SSSR count). The maximum Gasteiger partial charge on any atom is 0.321 e. The molecule has 0 saturated heterocycles. The highest BCUT2D eigenvalue weighted by molar-refractivity contribution is 6.02. The molecule has 8 heteroatoms. The van der Waals surface area contributed by atoms with Crippen molar-refractivity contribution in [2.75, 3.05) is 5.32 Å². The Balaban J connectivity index is 2.61. The monoisotopic (exact) mass is 279 g/mol. The lowest BCUT2D eigenvalue weighted by atomic mass is 10.1. The van der Waals surface area contributed by atoms with Crippen molar-refractivity contribution < 1.29 is 9.72 Å². The van der Waals surface area contributed by atoms with Crippen molar-refractivity contribution in [2.45, 2.75) is 26.3 Å². The molecule has 0 saturated carbocycles. The number of nitro benzene ring substituents is 1. The summed E-state index contributed by atoms with van der Waals surface area (Å²) in [7, 11) is 0. The number of carbonyl (C=O) groups is 1. The van der Waals surface area contributed by atoms with Gasteiger partial charge < -0.3 is 10.6 Å². The molecule has 0 aliphatic rings. The fourth-order valence-electron chi connectivity index (χ4n) is 1.36. The van der Waals surface area contributed by atoms with Crippen molar-refractivity contribution in [1.82, 2.24) is 10.6 Å². The van der Waals surface area contributed by atoms with E-state index in [1.165, 1.54) is 18.2 Å².